The molecule has 2 nitrogen and oxygen atoms in total. The average molecular weight is 381 g/mol. The second kappa shape index (κ2) is 20.0. The van der Waals surface area contributed by atoms with Crippen molar-refractivity contribution in [3.63, 3.8) is 0 Å². The third kappa shape index (κ3) is 17.1. The van der Waals surface area contributed by atoms with Crippen molar-refractivity contribution in [2.45, 2.75) is 136 Å². The van der Waals surface area contributed by atoms with Crippen LogP contribution in [-0.2, 0) is 4.79 Å². The molecule has 0 rings (SSSR count). The number of carboxylic acids is 1. The molecule has 2 heteroatoms. The summed E-state index contributed by atoms with van der Waals surface area (Å²) in [5.41, 5.74) is 0.425. The molecule has 1 unspecified atom stereocenters. The Morgan fingerprint density at radius 1 is 0.630 bits per heavy atom. The lowest BCUT2D eigenvalue weighted by atomic mass is 9.89. The highest BCUT2D eigenvalue weighted by molar-refractivity contribution is 5.86. The summed E-state index contributed by atoms with van der Waals surface area (Å²) in [6.07, 6.45) is 24.8. The fourth-order valence-corrected chi connectivity index (χ4v) is 3.88. The predicted molar refractivity (Wildman–Crippen MR) is 119 cm³/mol. The first-order valence-electron chi connectivity index (χ1n) is 12.1. The number of carbonyl (C=O) groups is 1. The summed E-state index contributed by atoms with van der Waals surface area (Å²) in [6, 6.07) is 0. The van der Waals surface area contributed by atoms with E-state index < -0.39 is 5.97 Å². The van der Waals surface area contributed by atoms with Gasteiger partial charge in [-0.05, 0) is 18.8 Å². The molecule has 0 bridgehead atoms. The molecule has 1 N–H and O–H groups in total. The minimum atomic E-state index is -0.808. The molecule has 0 aromatic heterocycles. The van der Waals surface area contributed by atoms with Crippen LogP contribution in [0.5, 0.6) is 0 Å². The molecule has 0 aromatic rings. The maximum absolute atomic E-state index is 11.2. The van der Waals surface area contributed by atoms with Crippen LogP contribution in [0, 0.1) is 5.92 Å². The molecule has 0 aromatic carbocycles. The van der Waals surface area contributed by atoms with Gasteiger partial charge in [-0.3, -0.25) is 0 Å². The summed E-state index contributed by atoms with van der Waals surface area (Å²) in [4.78, 5) is 11.2. The van der Waals surface area contributed by atoms with E-state index in [-0.39, 0.29) is 5.92 Å². The highest BCUT2D eigenvalue weighted by Crippen LogP contribution is 2.24. The average Bonchev–Trinajstić information content (AvgIpc) is 2.66. The number of carboxylic acid groups (broad SMARTS) is 1. The van der Waals surface area contributed by atoms with Crippen molar-refractivity contribution in [2.75, 3.05) is 0 Å². The van der Waals surface area contributed by atoms with Crippen LogP contribution in [0.25, 0.3) is 0 Å². The Kier molecular flexibility index (Phi) is 19.4. The van der Waals surface area contributed by atoms with Crippen LogP contribution in [0.3, 0.4) is 0 Å². The van der Waals surface area contributed by atoms with Gasteiger partial charge in [-0.2, -0.15) is 0 Å². The first-order valence-corrected chi connectivity index (χ1v) is 12.1. The van der Waals surface area contributed by atoms with Crippen molar-refractivity contribution in [1.29, 1.82) is 0 Å². The van der Waals surface area contributed by atoms with Crippen LogP contribution in [0.4, 0.5) is 0 Å². The molecule has 0 aliphatic heterocycles. The highest BCUT2D eigenvalue weighted by Gasteiger charge is 2.17. The number of rotatable bonds is 21. The molecule has 0 saturated heterocycles. The Labute approximate surface area is 170 Å². The van der Waals surface area contributed by atoms with Crippen molar-refractivity contribution in [2.24, 2.45) is 5.92 Å². The van der Waals surface area contributed by atoms with Gasteiger partial charge in [-0.25, -0.2) is 4.79 Å². The SMILES string of the molecule is C=C(C(=O)O)C(CCCC)CCCCCCCCCCCCCCCCC. The van der Waals surface area contributed by atoms with Crippen molar-refractivity contribution >= 4 is 5.97 Å². The minimum Gasteiger partial charge on any atom is -0.478 e. The molecular formula is C25H48O2. The van der Waals surface area contributed by atoms with Gasteiger partial charge in [0.1, 0.15) is 0 Å². The highest BCUT2D eigenvalue weighted by atomic mass is 16.4. The topological polar surface area (TPSA) is 37.3 Å². The molecule has 1 atom stereocenters. The molecule has 0 aliphatic rings. The van der Waals surface area contributed by atoms with Crippen LogP contribution in [0.1, 0.15) is 136 Å². The van der Waals surface area contributed by atoms with E-state index in [2.05, 4.69) is 20.4 Å². The molecular weight excluding hydrogens is 332 g/mol. The van der Waals surface area contributed by atoms with Gasteiger partial charge in [0.25, 0.3) is 0 Å². The third-order valence-electron chi connectivity index (χ3n) is 5.83. The molecule has 0 amide bonds. The summed E-state index contributed by atoms with van der Waals surface area (Å²) in [5, 5.41) is 9.18. The van der Waals surface area contributed by atoms with Crippen molar-refractivity contribution < 1.29 is 9.90 Å². The first-order chi connectivity index (χ1) is 13.1. The molecule has 27 heavy (non-hydrogen) atoms. The van der Waals surface area contributed by atoms with Gasteiger partial charge in [-0.1, -0.05) is 130 Å². The quantitative estimate of drug-likeness (QED) is 0.160. The molecule has 160 valence electrons. The van der Waals surface area contributed by atoms with Crippen LogP contribution in [-0.4, -0.2) is 11.1 Å². The molecule has 0 fully saturated rings. The third-order valence-corrected chi connectivity index (χ3v) is 5.83. The number of unbranched alkanes of at least 4 members (excludes halogenated alkanes) is 15. The summed E-state index contributed by atoms with van der Waals surface area (Å²) in [7, 11) is 0. The lowest BCUT2D eigenvalue weighted by molar-refractivity contribution is -0.133. The molecule has 0 aliphatic carbocycles. The fourth-order valence-electron chi connectivity index (χ4n) is 3.88. The van der Waals surface area contributed by atoms with E-state index in [0.717, 1.165) is 32.1 Å². The van der Waals surface area contributed by atoms with Gasteiger partial charge in [-0.15, -0.1) is 0 Å². The van der Waals surface area contributed by atoms with E-state index >= 15 is 0 Å². The van der Waals surface area contributed by atoms with Crippen LogP contribution >= 0.6 is 0 Å². The lowest BCUT2D eigenvalue weighted by Gasteiger charge is -2.16. The lowest BCUT2D eigenvalue weighted by Crippen LogP contribution is -2.12. The Morgan fingerprint density at radius 2 is 0.963 bits per heavy atom. The summed E-state index contributed by atoms with van der Waals surface area (Å²) < 4.78 is 0. The van der Waals surface area contributed by atoms with Gasteiger partial charge in [0, 0.05) is 5.57 Å². The van der Waals surface area contributed by atoms with Gasteiger partial charge in [0.2, 0.25) is 0 Å². The van der Waals surface area contributed by atoms with Crippen LogP contribution < -0.4 is 0 Å². The monoisotopic (exact) mass is 380 g/mol. The smallest absolute Gasteiger partial charge is 0.331 e. The Hall–Kier alpha value is -0.790. The van der Waals surface area contributed by atoms with Crippen molar-refractivity contribution in [3.05, 3.63) is 12.2 Å². The van der Waals surface area contributed by atoms with E-state index in [4.69, 9.17) is 0 Å². The fraction of sp³-hybridized carbons (Fsp3) is 0.880. The number of aliphatic carboxylic acids is 1. The van der Waals surface area contributed by atoms with Crippen molar-refractivity contribution in [1.82, 2.24) is 0 Å². The standard InChI is InChI=1S/C25H48O2/c1-4-6-8-9-10-11-12-13-14-15-16-17-18-19-20-22-24(21-7-5-2)23(3)25(26)27/h24H,3-22H2,1-2H3,(H,26,27). The van der Waals surface area contributed by atoms with Gasteiger partial charge in [0.15, 0.2) is 0 Å². The Morgan fingerprint density at radius 3 is 1.33 bits per heavy atom. The van der Waals surface area contributed by atoms with Crippen LogP contribution in [0.15, 0.2) is 12.2 Å². The zero-order valence-corrected chi connectivity index (χ0v) is 18.6. The Balaban J connectivity index is 3.44. The van der Waals surface area contributed by atoms with E-state index in [9.17, 15) is 9.90 Å². The maximum atomic E-state index is 11.2. The summed E-state index contributed by atoms with van der Waals surface area (Å²) in [5.74, 6) is -0.624. The zero-order chi connectivity index (χ0) is 20.2. The number of hydrogen-bond acceptors (Lipinski definition) is 1. The van der Waals surface area contributed by atoms with Gasteiger partial charge < -0.3 is 5.11 Å². The second-order valence-electron chi connectivity index (χ2n) is 8.41. The van der Waals surface area contributed by atoms with E-state index in [0.29, 0.717) is 5.57 Å². The van der Waals surface area contributed by atoms with Gasteiger partial charge in [0.05, 0.1) is 0 Å². The first kappa shape index (κ1) is 26.2. The minimum absolute atomic E-state index is 0.185. The van der Waals surface area contributed by atoms with E-state index in [1.807, 2.05) is 0 Å². The Bertz CT molecular complexity index is 348. The largest absolute Gasteiger partial charge is 0.478 e. The molecule has 0 saturated carbocycles. The zero-order valence-electron chi connectivity index (χ0n) is 18.6. The van der Waals surface area contributed by atoms with Crippen LogP contribution in [0.2, 0.25) is 0 Å². The molecule has 0 radical (unpaired) electrons. The molecule has 0 heterocycles. The van der Waals surface area contributed by atoms with Gasteiger partial charge >= 0.3 is 5.97 Å². The number of hydrogen-bond donors (Lipinski definition) is 1. The molecule has 0 spiro atoms. The predicted octanol–water partition coefficient (Wildman–Crippen LogP) is 8.70. The summed E-state index contributed by atoms with van der Waals surface area (Å²) >= 11 is 0. The van der Waals surface area contributed by atoms with E-state index in [1.165, 1.54) is 89.9 Å². The van der Waals surface area contributed by atoms with E-state index in [1.54, 1.807) is 0 Å². The normalized spacial score (nSPS) is 12.2. The van der Waals surface area contributed by atoms with Crippen molar-refractivity contribution in [3.8, 4) is 0 Å². The maximum Gasteiger partial charge on any atom is 0.331 e. The summed E-state index contributed by atoms with van der Waals surface area (Å²) in [6.45, 7) is 8.24. The second-order valence-corrected chi connectivity index (χ2v) is 8.41.